The molecule has 0 aliphatic carbocycles. The molecule has 8 heteroatoms. The molecule has 1 aromatic rings. The summed E-state index contributed by atoms with van der Waals surface area (Å²) in [5.74, 6) is -1.74. The van der Waals surface area contributed by atoms with Gasteiger partial charge in [0.05, 0.1) is 4.47 Å². The lowest BCUT2D eigenvalue weighted by atomic mass is 10.2. The number of nitrogens with zero attached hydrogens (tertiary/aromatic N) is 1. The van der Waals surface area contributed by atoms with Gasteiger partial charge < -0.3 is 10.5 Å². The lowest BCUT2D eigenvalue weighted by Crippen LogP contribution is -2.21. The first-order chi connectivity index (χ1) is 6.81. The van der Waals surface area contributed by atoms with E-state index in [1.165, 1.54) is 0 Å². The zero-order chi connectivity index (χ0) is 11.6. The Balaban J connectivity index is 3.19. The van der Waals surface area contributed by atoms with E-state index in [2.05, 4.69) is 25.7 Å². The third-order valence-electron chi connectivity index (χ3n) is 1.34. The fourth-order valence-corrected chi connectivity index (χ4v) is 1.23. The van der Waals surface area contributed by atoms with E-state index in [0.717, 1.165) is 12.4 Å². The SMILES string of the molecule is NC(=O)c1cncc(Br)c1OC(F)(F)F. The fraction of sp³-hybridized carbons (Fsp3) is 0.143. The maximum absolute atomic E-state index is 11.9. The normalized spacial score (nSPS) is 11.2. The van der Waals surface area contributed by atoms with Gasteiger partial charge in [0.25, 0.3) is 5.91 Å². The van der Waals surface area contributed by atoms with Crippen molar-refractivity contribution in [3.05, 3.63) is 22.4 Å². The molecule has 0 atom stereocenters. The molecular formula is C7H4BrF3N2O2. The first kappa shape index (κ1) is 11.8. The monoisotopic (exact) mass is 284 g/mol. The van der Waals surface area contributed by atoms with Crippen LogP contribution in [0.2, 0.25) is 0 Å². The van der Waals surface area contributed by atoms with Gasteiger partial charge in [-0.1, -0.05) is 0 Å². The molecule has 1 amide bonds. The molecule has 4 nitrogen and oxygen atoms in total. The average molecular weight is 285 g/mol. The third kappa shape index (κ3) is 3.08. The molecule has 0 aromatic carbocycles. The highest BCUT2D eigenvalue weighted by molar-refractivity contribution is 9.10. The number of rotatable bonds is 2. The summed E-state index contributed by atoms with van der Waals surface area (Å²) in [6.07, 6.45) is -2.93. The lowest BCUT2D eigenvalue weighted by molar-refractivity contribution is -0.275. The van der Waals surface area contributed by atoms with Crippen molar-refractivity contribution in [1.82, 2.24) is 4.98 Å². The maximum atomic E-state index is 11.9. The summed E-state index contributed by atoms with van der Waals surface area (Å²) in [4.78, 5) is 14.3. The zero-order valence-corrected chi connectivity index (χ0v) is 8.59. The quantitative estimate of drug-likeness (QED) is 0.901. The molecule has 0 fully saturated rings. The van der Waals surface area contributed by atoms with Crippen molar-refractivity contribution in [2.45, 2.75) is 6.36 Å². The summed E-state index contributed by atoms with van der Waals surface area (Å²) < 4.78 is 39.4. The Morgan fingerprint density at radius 1 is 1.47 bits per heavy atom. The van der Waals surface area contributed by atoms with Crippen molar-refractivity contribution in [3.8, 4) is 5.75 Å². The summed E-state index contributed by atoms with van der Waals surface area (Å²) in [5, 5.41) is 0. The van der Waals surface area contributed by atoms with Crippen LogP contribution in [-0.2, 0) is 0 Å². The molecule has 1 heterocycles. The molecule has 0 radical (unpaired) electrons. The second-order valence-electron chi connectivity index (χ2n) is 2.41. The molecule has 0 aliphatic heterocycles. The molecule has 0 aliphatic rings. The van der Waals surface area contributed by atoms with Gasteiger partial charge in [0.2, 0.25) is 0 Å². The first-order valence-corrected chi connectivity index (χ1v) is 4.29. The standard InChI is InChI=1S/C7H4BrF3N2O2/c8-4-2-13-1-3(6(12)14)5(4)15-7(9,10)11/h1-2H,(H2,12,14). The molecule has 82 valence electrons. The van der Waals surface area contributed by atoms with E-state index in [4.69, 9.17) is 5.73 Å². The number of ether oxygens (including phenoxy) is 1. The van der Waals surface area contributed by atoms with Gasteiger partial charge in [-0.15, -0.1) is 13.2 Å². The Morgan fingerprint density at radius 3 is 2.53 bits per heavy atom. The zero-order valence-electron chi connectivity index (χ0n) is 7.01. The number of carbonyl (C=O) groups excluding carboxylic acids is 1. The third-order valence-corrected chi connectivity index (χ3v) is 1.90. The fourth-order valence-electron chi connectivity index (χ4n) is 0.818. The van der Waals surface area contributed by atoms with E-state index in [9.17, 15) is 18.0 Å². The molecule has 0 bridgehead atoms. The van der Waals surface area contributed by atoms with Crippen LogP contribution in [0.3, 0.4) is 0 Å². The lowest BCUT2D eigenvalue weighted by Gasteiger charge is -2.12. The Kier molecular flexibility index (Phi) is 3.18. The molecule has 1 rings (SSSR count). The van der Waals surface area contributed by atoms with Crippen molar-refractivity contribution >= 4 is 21.8 Å². The van der Waals surface area contributed by atoms with Crippen molar-refractivity contribution < 1.29 is 22.7 Å². The van der Waals surface area contributed by atoms with E-state index in [1.54, 1.807) is 0 Å². The van der Waals surface area contributed by atoms with Gasteiger partial charge in [0.1, 0.15) is 5.56 Å². The number of hydrogen-bond acceptors (Lipinski definition) is 3. The minimum absolute atomic E-state index is 0.101. The largest absolute Gasteiger partial charge is 0.573 e. The average Bonchev–Trinajstić information content (AvgIpc) is 2.05. The van der Waals surface area contributed by atoms with Gasteiger partial charge >= 0.3 is 6.36 Å². The van der Waals surface area contributed by atoms with Crippen molar-refractivity contribution in [2.75, 3.05) is 0 Å². The maximum Gasteiger partial charge on any atom is 0.573 e. The second kappa shape index (κ2) is 4.05. The summed E-state index contributed by atoms with van der Waals surface area (Å²) in [6, 6.07) is 0. The Labute approximate surface area is 90.4 Å². The van der Waals surface area contributed by atoms with Gasteiger partial charge in [-0.05, 0) is 15.9 Å². The predicted molar refractivity (Wildman–Crippen MR) is 47.1 cm³/mol. The molecular weight excluding hydrogens is 281 g/mol. The number of primary amides is 1. The molecule has 15 heavy (non-hydrogen) atoms. The van der Waals surface area contributed by atoms with Crippen LogP contribution in [0.5, 0.6) is 5.75 Å². The van der Waals surface area contributed by atoms with Crippen molar-refractivity contribution in [3.63, 3.8) is 0 Å². The van der Waals surface area contributed by atoms with E-state index in [0.29, 0.717) is 0 Å². The predicted octanol–water partition coefficient (Wildman–Crippen LogP) is 1.84. The summed E-state index contributed by atoms with van der Waals surface area (Å²) in [7, 11) is 0. The molecule has 0 unspecified atom stereocenters. The second-order valence-corrected chi connectivity index (χ2v) is 3.26. The molecule has 0 saturated carbocycles. The van der Waals surface area contributed by atoms with Crippen LogP contribution in [-0.4, -0.2) is 17.3 Å². The number of aromatic nitrogens is 1. The number of halogens is 4. The number of amides is 1. The highest BCUT2D eigenvalue weighted by Crippen LogP contribution is 2.32. The molecule has 2 N–H and O–H groups in total. The van der Waals surface area contributed by atoms with Crippen molar-refractivity contribution in [2.24, 2.45) is 5.73 Å². The van der Waals surface area contributed by atoms with Crippen LogP contribution < -0.4 is 10.5 Å². The van der Waals surface area contributed by atoms with Crippen LogP contribution in [0.15, 0.2) is 16.9 Å². The highest BCUT2D eigenvalue weighted by atomic mass is 79.9. The number of pyridine rings is 1. The Bertz CT molecular complexity index is 394. The Hall–Kier alpha value is -1.31. The van der Waals surface area contributed by atoms with E-state index >= 15 is 0 Å². The van der Waals surface area contributed by atoms with Crippen LogP contribution in [0, 0.1) is 0 Å². The van der Waals surface area contributed by atoms with Crippen LogP contribution in [0.4, 0.5) is 13.2 Å². The number of nitrogens with two attached hydrogens (primary N) is 1. The van der Waals surface area contributed by atoms with Gasteiger partial charge in [0.15, 0.2) is 5.75 Å². The molecule has 0 spiro atoms. The van der Waals surface area contributed by atoms with Gasteiger partial charge in [0, 0.05) is 12.4 Å². The minimum atomic E-state index is -4.89. The number of hydrogen-bond donors (Lipinski definition) is 1. The van der Waals surface area contributed by atoms with Crippen LogP contribution >= 0.6 is 15.9 Å². The first-order valence-electron chi connectivity index (χ1n) is 3.50. The number of carbonyl (C=O) groups is 1. The summed E-state index contributed by atoms with van der Waals surface area (Å²) in [6.45, 7) is 0. The van der Waals surface area contributed by atoms with Crippen LogP contribution in [0.1, 0.15) is 10.4 Å². The number of alkyl halides is 3. The van der Waals surface area contributed by atoms with Crippen molar-refractivity contribution in [1.29, 1.82) is 0 Å². The van der Waals surface area contributed by atoms with E-state index in [1.807, 2.05) is 0 Å². The molecule has 0 saturated heterocycles. The van der Waals surface area contributed by atoms with E-state index < -0.39 is 23.6 Å². The van der Waals surface area contributed by atoms with Gasteiger partial charge in [-0.2, -0.15) is 0 Å². The van der Waals surface area contributed by atoms with E-state index in [-0.39, 0.29) is 4.47 Å². The molecule has 1 aromatic heterocycles. The Morgan fingerprint density at radius 2 is 2.07 bits per heavy atom. The van der Waals surface area contributed by atoms with Crippen LogP contribution in [0.25, 0.3) is 0 Å². The topological polar surface area (TPSA) is 65.2 Å². The summed E-state index contributed by atoms with van der Waals surface area (Å²) >= 11 is 2.77. The minimum Gasteiger partial charge on any atom is -0.404 e. The highest BCUT2D eigenvalue weighted by Gasteiger charge is 2.33. The van der Waals surface area contributed by atoms with Gasteiger partial charge in [-0.3, -0.25) is 9.78 Å². The van der Waals surface area contributed by atoms with Gasteiger partial charge in [-0.25, -0.2) is 0 Å². The summed E-state index contributed by atoms with van der Waals surface area (Å²) in [5.41, 5.74) is 4.41. The smallest absolute Gasteiger partial charge is 0.404 e.